The highest BCUT2D eigenvalue weighted by molar-refractivity contribution is 6.36. The van der Waals surface area contributed by atoms with Gasteiger partial charge in [-0.25, -0.2) is 10.2 Å². The molecule has 0 heterocycles. The number of hydrogen-bond acceptors (Lipinski definition) is 5. The molecule has 0 spiro atoms. The lowest BCUT2D eigenvalue weighted by atomic mass is 10.0. The molecule has 0 radical (unpaired) electrons. The van der Waals surface area contributed by atoms with Crippen LogP contribution in [0, 0.1) is 0 Å². The highest BCUT2D eigenvalue weighted by Crippen LogP contribution is 2.29. The maximum atomic E-state index is 12.9. The summed E-state index contributed by atoms with van der Waals surface area (Å²) in [5.74, 6) is -0.289. The van der Waals surface area contributed by atoms with Crippen LogP contribution >= 0.6 is 23.2 Å². The number of rotatable bonds is 8. The topological polar surface area (TPSA) is 77.0 Å². The van der Waals surface area contributed by atoms with Crippen molar-refractivity contribution in [3.63, 3.8) is 0 Å². The molecule has 5 aromatic rings. The molecule has 0 bridgehead atoms. The van der Waals surface area contributed by atoms with Gasteiger partial charge in [0.15, 0.2) is 6.61 Å². The first-order chi connectivity index (χ1) is 19.5. The number of benzene rings is 5. The van der Waals surface area contributed by atoms with Gasteiger partial charge in [-0.1, -0.05) is 96.0 Å². The molecule has 1 amide bonds. The van der Waals surface area contributed by atoms with Crippen molar-refractivity contribution in [3.8, 4) is 22.6 Å². The minimum absolute atomic E-state index is 0.171. The van der Waals surface area contributed by atoms with E-state index in [-0.39, 0.29) is 22.9 Å². The Hall–Kier alpha value is -4.65. The zero-order valence-electron chi connectivity index (χ0n) is 21.0. The molecule has 0 fully saturated rings. The molecule has 1 N–H and O–H groups in total. The molecular formula is C32H22Cl2N2O4. The third kappa shape index (κ3) is 6.49. The number of fused-ring (bicyclic) bond motifs is 1. The number of hydrazone groups is 1. The lowest BCUT2D eigenvalue weighted by molar-refractivity contribution is -0.123. The number of nitrogens with one attached hydrogen (secondary N) is 1. The zero-order chi connectivity index (χ0) is 27.9. The summed E-state index contributed by atoms with van der Waals surface area (Å²) in [6.45, 7) is -0.228. The van der Waals surface area contributed by atoms with Crippen molar-refractivity contribution in [1.82, 2.24) is 5.43 Å². The number of halogens is 2. The summed E-state index contributed by atoms with van der Waals surface area (Å²) in [5.41, 5.74) is 5.28. The molecule has 40 heavy (non-hydrogen) atoms. The molecule has 198 valence electrons. The average molecular weight is 569 g/mol. The largest absolute Gasteiger partial charge is 0.484 e. The molecular weight excluding hydrogens is 547 g/mol. The van der Waals surface area contributed by atoms with E-state index in [0.29, 0.717) is 16.3 Å². The molecule has 0 aliphatic carbocycles. The summed E-state index contributed by atoms with van der Waals surface area (Å²) in [5, 5.41) is 6.36. The number of ether oxygens (including phenoxy) is 2. The van der Waals surface area contributed by atoms with Crippen molar-refractivity contribution < 1.29 is 19.1 Å². The van der Waals surface area contributed by atoms with Crippen LogP contribution in [0.5, 0.6) is 11.5 Å². The lowest BCUT2D eigenvalue weighted by Gasteiger charge is -2.11. The van der Waals surface area contributed by atoms with E-state index < -0.39 is 11.9 Å². The molecule has 0 saturated heterocycles. The molecule has 0 unspecified atom stereocenters. The molecule has 5 aromatic carbocycles. The van der Waals surface area contributed by atoms with Gasteiger partial charge in [0, 0.05) is 10.6 Å². The van der Waals surface area contributed by atoms with E-state index in [0.717, 1.165) is 21.9 Å². The molecule has 0 atom stereocenters. The van der Waals surface area contributed by atoms with Gasteiger partial charge in [0.2, 0.25) is 0 Å². The zero-order valence-corrected chi connectivity index (χ0v) is 22.5. The van der Waals surface area contributed by atoms with Crippen LogP contribution in [0.15, 0.2) is 114 Å². The highest BCUT2D eigenvalue weighted by Gasteiger charge is 2.16. The Balaban J connectivity index is 1.26. The van der Waals surface area contributed by atoms with E-state index in [1.54, 1.807) is 12.1 Å². The van der Waals surface area contributed by atoms with Gasteiger partial charge in [-0.15, -0.1) is 0 Å². The Morgan fingerprint density at radius 2 is 1.52 bits per heavy atom. The van der Waals surface area contributed by atoms with Crippen molar-refractivity contribution >= 4 is 52.1 Å². The number of carbonyl (C=O) groups excluding carboxylic acids is 2. The van der Waals surface area contributed by atoms with E-state index in [2.05, 4.69) is 10.5 Å². The number of hydrogen-bond donors (Lipinski definition) is 1. The Labute approximate surface area is 240 Å². The third-order valence-electron chi connectivity index (χ3n) is 6.00. The normalized spacial score (nSPS) is 10.9. The average Bonchev–Trinajstić information content (AvgIpc) is 2.97. The van der Waals surface area contributed by atoms with Crippen LogP contribution in [-0.4, -0.2) is 24.7 Å². The first-order valence-electron chi connectivity index (χ1n) is 12.3. The van der Waals surface area contributed by atoms with Crippen molar-refractivity contribution in [1.29, 1.82) is 0 Å². The summed E-state index contributed by atoms with van der Waals surface area (Å²) in [4.78, 5) is 25.3. The first-order valence-corrected chi connectivity index (χ1v) is 13.0. The van der Waals surface area contributed by atoms with Gasteiger partial charge < -0.3 is 9.47 Å². The molecule has 0 aliphatic heterocycles. The second kappa shape index (κ2) is 12.5. The summed E-state index contributed by atoms with van der Waals surface area (Å²) in [7, 11) is 0. The number of esters is 1. The molecule has 5 rings (SSSR count). The summed E-state index contributed by atoms with van der Waals surface area (Å²) < 4.78 is 11.3. The van der Waals surface area contributed by atoms with Crippen molar-refractivity contribution in [2.75, 3.05) is 6.61 Å². The van der Waals surface area contributed by atoms with Gasteiger partial charge in [0.05, 0.1) is 16.8 Å². The Morgan fingerprint density at radius 3 is 2.30 bits per heavy atom. The quantitative estimate of drug-likeness (QED) is 0.0906. The molecule has 6 nitrogen and oxygen atoms in total. The van der Waals surface area contributed by atoms with Gasteiger partial charge in [0.1, 0.15) is 11.5 Å². The standard InChI is InChI=1S/C32H22Cl2N2O4/c33-24-13-16-27(29(34)18-24)32(38)40-30-17-12-23-8-4-5-9-26(23)28(30)19-35-36-31(37)20-39-25-14-10-22(11-15-25)21-6-2-1-3-7-21/h1-19H,20H2,(H,36,37). The van der Waals surface area contributed by atoms with E-state index >= 15 is 0 Å². The Bertz CT molecular complexity index is 1700. The van der Waals surface area contributed by atoms with Crippen LogP contribution in [-0.2, 0) is 4.79 Å². The van der Waals surface area contributed by atoms with Crippen molar-refractivity contribution in [2.24, 2.45) is 5.10 Å². The molecule has 0 saturated carbocycles. The minimum atomic E-state index is -0.651. The van der Waals surface area contributed by atoms with E-state index in [9.17, 15) is 9.59 Å². The number of nitrogens with zero attached hydrogens (tertiary/aromatic N) is 1. The maximum absolute atomic E-state index is 12.9. The van der Waals surface area contributed by atoms with Crippen LogP contribution in [0.25, 0.3) is 21.9 Å². The van der Waals surface area contributed by atoms with Crippen LogP contribution < -0.4 is 14.9 Å². The van der Waals surface area contributed by atoms with E-state index in [1.165, 1.54) is 18.3 Å². The number of carbonyl (C=O) groups is 2. The highest BCUT2D eigenvalue weighted by atomic mass is 35.5. The van der Waals surface area contributed by atoms with Gasteiger partial charge in [-0.05, 0) is 58.3 Å². The minimum Gasteiger partial charge on any atom is -0.484 e. The smallest absolute Gasteiger partial charge is 0.345 e. The summed E-state index contributed by atoms with van der Waals surface area (Å²) >= 11 is 12.1. The fourth-order valence-corrected chi connectivity index (χ4v) is 4.52. The molecule has 0 aromatic heterocycles. The SMILES string of the molecule is O=C(COc1ccc(-c2ccccc2)cc1)NN=Cc1c(OC(=O)c2ccc(Cl)cc2Cl)ccc2ccccc12. The monoisotopic (exact) mass is 568 g/mol. The molecule has 8 heteroatoms. The first kappa shape index (κ1) is 26.9. The summed E-state index contributed by atoms with van der Waals surface area (Å²) in [6, 6.07) is 33.0. The van der Waals surface area contributed by atoms with Gasteiger partial charge >= 0.3 is 5.97 Å². The van der Waals surface area contributed by atoms with E-state index in [1.807, 2.05) is 84.9 Å². The number of amides is 1. The van der Waals surface area contributed by atoms with Gasteiger partial charge in [0.25, 0.3) is 5.91 Å². The Kier molecular flexibility index (Phi) is 8.40. The van der Waals surface area contributed by atoms with E-state index in [4.69, 9.17) is 32.7 Å². The van der Waals surface area contributed by atoms with Crippen molar-refractivity contribution in [3.05, 3.63) is 130 Å². The summed E-state index contributed by atoms with van der Waals surface area (Å²) in [6.07, 6.45) is 1.43. The predicted molar refractivity (Wildman–Crippen MR) is 158 cm³/mol. The fraction of sp³-hybridized carbons (Fsp3) is 0.0312. The van der Waals surface area contributed by atoms with Gasteiger partial charge in [-0.2, -0.15) is 5.10 Å². The third-order valence-corrected chi connectivity index (χ3v) is 6.55. The maximum Gasteiger partial charge on any atom is 0.345 e. The van der Waals surface area contributed by atoms with Crippen molar-refractivity contribution in [2.45, 2.75) is 0 Å². The second-order valence-corrected chi connectivity index (χ2v) is 9.53. The van der Waals surface area contributed by atoms with Crippen LogP contribution in [0.3, 0.4) is 0 Å². The van der Waals surface area contributed by atoms with Gasteiger partial charge in [-0.3, -0.25) is 4.79 Å². The fourth-order valence-electron chi connectivity index (χ4n) is 4.03. The second-order valence-electron chi connectivity index (χ2n) is 8.68. The Morgan fingerprint density at radius 1 is 0.800 bits per heavy atom. The molecule has 0 aliphatic rings. The van der Waals surface area contributed by atoms with Crippen LogP contribution in [0.1, 0.15) is 15.9 Å². The van der Waals surface area contributed by atoms with Crippen LogP contribution in [0.4, 0.5) is 0 Å². The van der Waals surface area contributed by atoms with Crippen LogP contribution in [0.2, 0.25) is 10.0 Å². The predicted octanol–water partition coefficient (Wildman–Crippen LogP) is 7.56. The lowest BCUT2D eigenvalue weighted by Crippen LogP contribution is -2.24.